The van der Waals surface area contributed by atoms with Gasteiger partial charge in [-0.2, -0.15) is 0 Å². The van der Waals surface area contributed by atoms with Crippen molar-refractivity contribution in [3.05, 3.63) is 69.7 Å². The lowest BCUT2D eigenvalue weighted by Crippen LogP contribution is -2.26. The number of benzene rings is 2. The third-order valence-corrected chi connectivity index (χ3v) is 5.45. The number of nitrogens with one attached hydrogen (secondary N) is 1. The number of aromatic hydroxyl groups is 1. The van der Waals surface area contributed by atoms with E-state index in [1.165, 1.54) is 16.9 Å². The summed E-state index contributed by atoms with van der Waals surface area (Å²) in [7, 11) is 0. The summed E-state index contributed by atoms with van der Waals surface area (Å²) in [5, 5.41) is 31.8. The molecular weight excluding hydrogens is 358 g/mol. The molecule has 0 fully saturated rings. The number of amidine groups is 1. The van der Waals surface area contributed by atoms with E-state index in [9.17, 15) is 10.2 Å². The largest absolute Gasteiger partial charge is 0.510 e. The van der Waals surface area contributed by atoms with Gasteiger partial charge in [-0.05, 0) is 31.5 Å². The maximum atomic E-state index is 10.5. The van der Waals surface area contributed by atoms with Gasteiger partial charge >= 0.3 is 0 Å². The molecule has 0 spiro atoms. The molecule has 0 radical (unpaired) electrons. The highest BCUT2D eigenvalue weighted by molar-refractivity contribution is 7.11. The summed E-state index contributed by atoms with van der Waals surface area (Å²) in [5.74, 6) is 0.314. The van der Waals surface area contributed by atoms with Crippen LogP contribution in [0.2, 0.25) is 0 Å². The number of hydrogen-bond acceptors (Lipinski definition) is 5. The molecule has 0 amide bonds. The Morgan fingerprint density at radius 2 is 1.74 bits per heavy atom. The predicted molar refractivity (Wildman–Crippen MR) is 110 cm³/mol. The third kappa shape index (κ3) is 3.08. The maximum absolute atomic E-state index is 10.5. The van der Waals surface area contributed by atoms with Crippen LogP contribution >= 0.6 is 11.3 Å². The first kappa shape index (κ1) is 17.3. The number of rotatable bonds is 3. The number of aryl methyl sites for hydroxylation is 2. The highest BCUT2D eigenvalue weighted by Crippen LogP contribution is 2.37. The molecule has 0 bridgehead atoms. The van der Waals surface area contributed by atoms with Crippen molar-refractivity contribution in [2.24, 2.45) is 0 Å². The monoisotopic (exact) mass is 377 g/mol. The predicted octanol–water partition coefficient (Wildman–Crippen LogP) is 4.90. The molecule has 6 heteroatoms. The van der Waals surface area contributed by atoms with Gasteiger partial charge in [0, 0.05) is 10.9 Å². The Kier molecular flexibility index (Phi) is 4.20. The number of thiazole rings is 1. The summed E-state index contributed by atoms with van der Waals surface area (Å²) in [6.45, 7) is 4.07. The minimum absolute atomic E-state index is 0.0878. The van der Waals surface area contributed by atoms with Gasteiger partial charge in [0.15, 0.2) is 0 Å². The molecule has 1 aromatic heterocycles. The molecule has 0 aliphatic carbocycles. The molecule has 0 saturated carbocycles. The zero-order chi connectivity index (χ0) is 19.1. The smallest absolute Gasteiger partial charge is 0.139 e. The molecule has 0 unspecified atom stereocenters. The van der Waals surface area contributed by atoms with Gasteiger partial charge in [-0.3, -0.25) is 5.41 Å². The Balaban J connectivity index is 1.65. The molecule has 0 atom stereocenters. The lowest BCUT2D eigenvalue weighted by molar-refractivity contribution is 0.411. The first-order chi connectivity index (χ1) is 12.9. The Labute approximate surface area is 161 Å². The average Bonchev–Trinajstić information content (AvgIpc) is 3.20. The molecular formula is C21H19N3O2S. The van der Waals surface area contributed by atoms with E-state index in [0.717, 1.165) is 16.8 Å². The second-order valence-electron chi connectivity index (χ2n) is 6.65. The number of aliphatic hydroxyl groups excluding tert-OH is 1. The number of nitrogens with zero attached hydrogens (tertiary/aromatic N) is 2. The topological polar surface area (TPSA) is 80.4 Å². The van der Waals surface area contributed by atoms with E-state index < -0.39 is 0 Å². The third-order valence-electron chi connectivity index (χ3n) is 4.59. The van der Waals surface area contributed by atoms with E-state index in [-0.39, 0.29) is 23.9 Å². The van der Waals surface area contributed by atoms with Gasteiger partial charge in [-0.25, -0.2) is 4.98 Å². The van der Waals surface area contributed by atoms with E-state index in [4.69, 9.17) is 5.41 Å². The minimum atomic E-state index is 0.0878. The van der Waals surface area contributed by atoms with Gasteiger partial charge in [0.25, 0.3) is 0 Å². The van der Waals surface area contributed by atoms with Crippen molar-refractivity contribution < 1.29 is 10.2 Å². The van der Waals surface area contributed by atoms with Crippen LogP contribution in [0.3, 0.4) is 0 Å². The molecule has 27 heavy (non-hydrogen) atoms. The fourth-order valence-corrected chi connectivity index (χ4v) is 4.01. The molecule has 4 rings (SSSR count). The summed E-state index contributed by atoms with van der Waals surface area (Å²) < 4.78 is 0. The second kappa shape index (κ2) is 6.55. The maximum Gasteiger partial charge on any atom is 0.139 e. The lowest BCUT2D eigenvalue weighted by Gasteiger charge is -2.20. The first-order valence-electron chi connectivity index (χ1n) is 8.55. The molecule has 1 aliphatic rings. The average molecular weight is 377 g/mol. The number of aliphatic hydroxyl groups is 1. The summed E-state index contributed by atoms with van der Waals surface area (Å²) in [6, 6.07) is 13.4. The van der Waals surface area contributed by atoms with Crippen molar-refractivity contribution in [2.45, 2.75) is 13.8 Å². The highest BCUT2D eigenvalue weighted by Gasteiger charge is 2.32. The van der Waals surface area contributed by atoms with Crippen molar-refractivity contribution >= 4 is 28.4 Å². The Bertz CT molecular complexity index is 1070. The normalized spacial score (nSPS) is 14.3. The van der Waals surface area contributed by atoms with Crippen LogP contribution in [0.25, 0.3) is 16.8 Å². The van der Waals surface area contributed by atoms with E-state index in [2.05, 4.69) is 4.98 Å². The van der Waals surface area contributed by atoms with Crippen LogP contribution in [0, 0.1) is 19.3 Å². The van der Waals surface area contributed by atoms with Crippen LogP contribution in [-0.2, 0) is 0 Å². The van der Waals surface area contributed by atoms with Crippen LogP contribution in [0.15, 0.2) is 53.6 Å². The number of anilines is 1. The van der Waals surface area contributed by atoms with Gasteiger partial charge in [0.2, 0.25) is 0 Å². The Morgan fingerprint density at radius 3 is 2.44 bits per heavy atom. The number of hydrogen-bond donors (Lipinski definition) is 3. The summed E-state index contributed by atoms with van der Waals surface area (Å²) in [5.41, 5.74) is 4.85. The van der Waals surface area contributed by atoms with Gasteiger partial charge in [0.05, 0.1) is 23.5 Å². The molecule has 0 saturated heterocycles. The van der Waals surface area contributed by atoms with Crippen molar-refractivity contribution in [3.63, 3.8) is 0 Å². The first-order valence-corrected chi connectivity index (χ1v) is 9.43. The van der Waals surface area contributed by atoms with E-state index >= 15 is 0 Å². The number of aromatic nitrogens is 1. The standard InChI is InChI=1S/C21H19N3O2S/c1-12-3-6-14(7-4-12)15-11-27-21(23-15)19-18(26)10-24(20(19)22)16-8-5-13(2)9-17(16)25/h3-9,11,22,25-26H,10H2,1-2H3. The molecule has 3 aromatic rings. The molecule has 1 aliphatic heterocycles. The van der Waals surface area contributed by atoms with Crippen molar-refractivity contribution in [1.29, 1.82) is 5.41 Å². The fourth-order valence-electron chi connectivity index (χ4n) is 3.12. The van der Waals surface area contributed by atoms with Crippen molar-refractivity contribution in [2.75, 3.05) is 11.4 Å². The van der Waals surface area contributed by atoms with Gasteiger partial charge < -0.3 is 15.1 Å². The SMILES string of the molecule is Cc1ccc(-c2csc(C3=C(O)CN(c4ccc(C)cc4O)C3=N)n2)cc1. The van der Waals surface area contributed by atoms with Crippen LogP contribution in [0.1, 0.15) is 16.1 Å². The summed E-state index contributed by atoms with van der Waals surface area (Å²) in [4.78, 5) is 6.22. The fraction of sp³-hybridized carbons (Fsp3) is 0.143. The van der Waals surface area contributed by atoms with Crippen LogP contribution in [0.5, 0.6) is 5.75 Å². The van der Waals surface area contributed by atoms with Crippen molar-refractivity contribution in [3.8, 4) is 17.0 Å². The summed E-state index contributed by atoms with van der Waals surface area (Å²) >= 11 is 1.40. The van der Waals surface area contributed by atoms with Crippen molar-refractivity contribution in [1.82, 2.24) is 4.98 Å². The second-order valence-corrected chi connectivity index (χ2v) is 7.51. The molecule has 5 nitrogen and oxygen atoms in total. The highest BCUT2D eigenvalue weighted by atomic mass is 32.1. The molecule has 2 aromatic carbocycles. The number of phenolic OH excluding ortho intramolecular Hbond substituents is 1. The van der Waals surface area contributed by atoms with Gasteiger partial charge in [0.1, 0.15) is 22.4 Å². The molecule has 3 N–H and O–H groups in total. The minimum Gasteiger partial charge on any atom is -0.510 e. The van der Waals surface area contributed by atoms with Crippen LogP contribution in [-0.4, -0.2) is 27.6 Å². The van der Waals surface area contributed by atoms with Crippen LogP contribution in [0.4, 0.5) is 5.69 Å². The lowest BCUT2D eigenvalue weighted by atomic mass is 10.1. The van der Waals surface area contributed by atoms with Crippen LogP contribution < -0.4 is 4.90 Å². The van der Waals surface area contributed by atoms with Gasteiger partial charge in [-0.1, -0.05) is 35.9 Å². The zero-order valence-electron chi connectivity index (χ0n) is 15.0. The van der Waals surface area contributed by atoms with E-state index in [0.29, 0.717) is 16.3 Å². The Hall–Kier alpha value is -3.12. The zero-order valence-corrected chi connectivity index (χ0v) is 15.8. The molecule has 2 heterocycles. The quantitative estimate of drug-likeness (QED) is 0.606. The Morgan fingerprint density at radius 1 is 1.04 bits per heavy atom. The molecule has 136 valence electrons. The number of phenols is 1. The van der Waals surface area contributed by atoms with E-state index in [1.54, 1.807) is 17.0 Å². The van der Waals surface area contributed by atoms with E-state index in [1.807, 2.05) is 49.6 Å². The summed E-state index contributed by atoms with van der Waals surface area (Å²) in [6.07, 6.45) is 0. The van der Waals surface area contributed by atoms with Gasteiger partial charge in [-0.15, -0.1) is 11.3 Å².